The van der Waals surface area contributed by atoms with Gasteiger partial charge in [0.15, 0.2) is 0 Å². The normalized spacial score (nSPS) is 10.7. The number of amides is 1. The van der Waals surface area contributed by atoms with Gasteiger partial charge in [-0.3, -0.25) is 4.79 Å². The van der Waals surface area contributed by atoms with Crippen molar-refractivity contribution in [1.82, 2.24) is 15.1 Å². The molecular formula is C21H22FN3O2. The number of nitrogens with zero attached hydrogens (tertiary/aromatic N) is 2. The van der Waals surface area contributed by atoms with E-state index in [9.17, 15) is 9.18 Å². The van der Waals surface area contributed by atoms with Gasteiger partial charge in [-0.2, -0.15) is 5.10 Å². The molecule has 3 rings (SSSR count). The van der Waals surface area contributed by atoms with E-state index in [2.05, 4.69) is 16.5 Å². The molecule has 1 heterocycles. The molecule has 0 saturated carbocycles. The van der Waals surface area contributed by atoms with Crippen LogP contribution < -0.4 is 10.1 Å². The van der Waals surface area contributed by atoms with E-state index in [1.54, 1.807) is 25.1 Å². The number of hydrogen-bond acceptors (Lipinski definition) is 3. The molecule has 0 aliphatic carbocycles. The Morgan fingerprint density at radius 2 is 1.85 bits per heavy atom. The lowest BCUT2D eigenvalue weighted by Gasteiger charge is -2.10. The van der Waals surface area contributed by atoms with Crippen LogP contribution >= 0.6 is 0 Å². The van der Waals surface area contributed by atoms with Crippen LogP contribution in [0.15, 0.2) is 48.7 Å². The molecule has 0 aliphatic heterocycles. The van der Waals surface area contributed by atoms with E-state index in [1.165, 1.54) is 16.9 Å². The Morgan fingerprint density at radius 1 is 1.15 bits per heavy atom. The molecule has 0 unspecified atom stereocenters. The fourth-order valence-corrected chi connectivity index (χ4v) is 2.94. The molecule has 0 bridgehead atoms. The van der Waals surface area contributed by atoms with Crippen molar-refractivity contribution in [2.45, 2.75) is 20.8 Å². The molecule has 0 atom stereocenters. The lowest BCUT2D eigenvalue weighted by Crippen LogP contribution is -2.28. The lowest BCUT2D eigenvalue weighted by atomic mass is 10.1. The smallest absolute Gasteiger partial charge is 0.254 e. The van der Waals surface area contributed by atoms with E-state index in [0.717, 1.165) is 16.9 Å². The van der Waals surface area contributed by atoms with E-state index in [1.807, 2.05) is 26.0 Å². The van der Waals surface area contributed by atoms with Gasteiger partial charge in [0.1, 0.15) is 23.9 Å². The highest BCUT2D eigenvalue weighted by atomic mass is 19.1. The first-order valence-electron chi connectivity index (χ1n) is 8.74. The maximum atomic E-state index is 14.0. The molecule has 0 radical (unpaired) electrons. The van der Waals surface area contributed by atoms with Crippen LogP contribution in [0.2, 0.25) is 0 Å². The van der Waals surface area contributed by atoms with E-state index >= 15 is 0 Å². The molecule has 0 saturated heterocycles. The van der Waals surface area contributed by atoms with Crippen LogP contribution in [0.5, 0.6) is 5.75 Å². The van der Waals surface area contributed by atoms with E-state index in [-0.39, 0.29) is 5.91 Å². The molecule has 5 nitrogen and oxygen atoms in total. The van der Waals surface area contributed by atoms with Crippen LogP contribution in [0, 0.1) is 26.6 Å². The van der Waals surface area contributed by atoms with Gasteiger partial charge in [-0.25, -0.2) is 9.07 Å². The summed E-state index contributed by atoms with van der Waals surface area (Å²) >= 11 is 0. The van der Waals surface area contributed by atoms with Gasteiger partial charge in [-0.05, 0) is 56.2 Å². The van der Waals surface area contributed by atoms with Gasteiger partial charge >= 0.3 is 0 Å². The van der Waals surface area contributed by atoms with Gasteiger partial charge < -0.3 is 10.1 Å². The van der Waals surface area contributed by atoms with Crippen molar-refractivity contribution < 1.29 is 13.9 Å². The highest BCUT2D eigenvalue weighted by Gasteiger charge is 2.16. The summed E-state index contributed by atoms with van der Waals surface area (Å²) in [6.45, 7) is 6.47. The fourth-order valence-electron chi connectivity index (χ4n) is 2.94. The summed E-state index contributed by atoms with van der Waals surface area (Å²) in [6, 6.07) is 12.3. The van der Waals surface area contributed by atoms with Crippen LogP contribution in [0.3, 0.4) is 0 Å². The molecule has 0 spiro atoms. The van der Waals surface area contributed by atoms with Gasteiger partial charge in [-0.15, -0.1) is 0 Å². The van der Waals surface area contributed by atoms with Crippen LogP contribution in [0.25, 0.3) is 5.69 Å². The first-order valence-corrected chi connectivity index (χ1v) is 8.74. The fraction of sp³-hybridized carbons (Fsp3) is 0.238. The molecule has 1 amide bonds. The number of aryl methyl sites for hydroxylation is 2. The zero-order valence-electron chi connectivity index (χ0n) is 15.6. The lowest BCUT2D eigenvalue weighted by molar-refractivity contribution is 0.0946. The van der Waals surface area contributed by atoms with Gasteiger partial charge in [0.25, 0.3) is 5.91 Å². The summed E-state index contributed by atoms with van der Waals surface area (Å²) in [4.78, 5) is 12.4. The summed E-state index contributed by atoms with van der Waals surface area (Å²) < 4.78 is 21.1. The summed E-state index contributed by atoms with van der Waals surface area (Å²) in [5.74, 6) is 0.127. The zero-order chi connectivity index (χ0) is 19.4. The second kappa shape index (κ2) is 8.03. The molecular weight excluding hydrogens is 345 g/mol. The average molecular weight is 367 g/mol. The maximum Gasteiger partial charge on any atom is 0.254 e. The Hall–Kier alpha value is -3.15. The number of para-hydroxylation sites is 1. The third-order valence-corrected chi connectivity index (χ3v) is 4.19. The second-order valence-corrected chi connectivity index (χ2v) is 6.43. The van der Waals surface area contributed by atoms with Crippen molar-refractivity contribution in [2.75, 3.05) is 13.2 Å². The number of ether oxygens (including phenoxy) is 1. The standard InChI is InChI=1S/C21H22FN3O2/c1-14-10-15(2)12-17(11-14)27-9-8-23-21(26)18-13-24-25(16(18)3)20-7-5-4-6-19(20)22/h4-7,10-13H,8-9H2,1-3H3,(H,23,26). The minimum Gasteiger partial charge on any atom is -0.492 e. The number of benzene rings is 2. The Balaban J connectivity index is 1.60. The SMILES string of the molecule is Cc1cc(C)cc(OCCNC(=O)c2cnn(-c3ccccc3F)c2C)c1. The molecule has 0 fully saturated rings. The molecule has 6 heteroatoms. The first kappa shape index (κ1) is 18.6. The number of hydrogen-bond donors (Lipinski definition) is 1. The first-order chi connectivity index (χ1) is 13.0. The summed E-state index contributed by atoms with van der Waals surface area (Å²) in [7, 11) is 0. The third-order valence-electron chi connectivity index (χ3n) is 4.19. The van der Waals surface area contributed by atoms with Crippen LogP contribution in [0.4, 0.5) is 4.39 Å². The Bertz CT molecular complexity index is 946. The van der Waals surface area contributed by atoms with Crippen molar-refractivity contribution in [1.29, 1.82) is 0 Å². The number of carbonyl (C=O) groups is 1. The van der Waals surface area contributed by atoms with Gasteiger partial charge in [0.2, 0.25) is 0 Å². The predicted molar refractivity (Wildman–Crippen MR) is 102 cm³/mol. The molecule has 1 aromatic heterocycles. The minimum atomic E-state index is -0.391. The van der Waals surface area contributed by atoms with E-state index in [4.69, 9.17) is 4.74 Å². The van der Waals surface area contributed by atoms with Gasteiger partial charge in [-0.1, -0.05) is 18.2 Å². The topological polar surface area (TPSA) is 56.1 Å². The monoisotopic (exact) mass is 367 g/mol. The number of aromatic nitrogens is 2. The highest BCUT2D eigenvalue weighted by molar-refractivity contribution is 5.95. The summed E-state index contributed by atoms with van der Waals surface area (Å²) in [6.07, 6.45) is 1.45. The van der Waals surface area contributed by atoms with Crippen molar-refractivity contribution in [3.63, 3.8) is 0 Å². The van der Waals surface area contributed by atoms with Gasteiger partial charge in [0.05, 0.1) is 24.0 Å². The summed E-state index contributed by atoms with van der Waals surface area (Å²) in [5, 5.41) is 6.96. The Morgan fingerprint density at radius 3 is 2.56 bits per heavy atom. The zero-order valence-corrected chi connectivity index (χ0v) is 15.6. The molecule has 140 valence electrons. The van der Waals surface area contributed by atoms with Crippen molar-refractivity contribution in [3.8, 4) is 11.4 Å². The van der Waals surface area contributed by atoms with Crippen molar-refractivity contribution in [3.05, 3.63) is 76.9 Å². The van der Waals surface area contributed by atoms with Crippen molar-refractivity contribution >= 4 is 5.91 Å². The van der Waals surface area contributed by atoms with Crippen molar-refractivity contribution in [2.24, 2.45) is 0 Å². The molecule has 1 N–H and O–H groups in total. The second-order valence-electron chi connectivity index (χ2n) is 6.43. The quantitative estimate of drug-likeness (QED) is 0.675. The number of halogens is 1. The molecule has 2 aromatic carbocycles. The van der Waals surface area contributed by atoms with E-state index < -0.39 is 5.82 Å². The largest absolute Gasteiger partial charge is 0.492 e. The Kier molecular flexibility index (Phi) is 5.54. The molecule has 3 aromatic rings. The van der Waals surface area contributed by atoms with Crippen LogP contribution in [-0.2, 0) is 0 Å². The Labute approximate surface area is 157 Å². The highest BCUT2D eigenvalue weighted by Crippen LogP contribution is 2.17. The number of carbonyl (C=O) groups excluding carboxylic acids is 1. The van der Waals surface area contributed by atoms with Crippen LogP contribution in [0.1, 0.15) is 27.2 Å². The molecule has 27 heavy (non-hydrogen) atoms. The summed E-state index contributed by atoms with van der Waals surface area (Å²) in [5.41, 5.74) is 3.56. The predicted octanol–water partition coefficient (Wildman–Crippen LogP) is 3.75. The van der Waals surface area contributed by atoms with Gasteiger partial charge in [0, 0.05) is 0 Å². The minimum absolute atomic E-state index is 0.265. The number of nitrogens with one attached hydrogen (secondary N) is 1. The molecule has 0 aliphatic rings. The van der Waals surface area contributed by atoms with Crippen LogP contribution in [-0.4, -0.2) is 28.8 Å². The third kappa shape index (κ3) is 4.34. The maximum absolute atomic E-state index is 14.0. The average Bonchev–Trinajstić information content (AvgIpc) is 2.99. The number of rotatable bonds is 6. The van der Waals surface area contributed by atoms with E-state index in [0.29, 0.717) is 30.1 Å².